The van der Waals surface area contributed by atoms with Gasteiger partial charge in [0.15, 0.2) is 11.5 Å². The molecule has 5 rings (SSSR count). The average molecular weight is 348 g/mol. The molecular formula is C20H20N4O2. The Labute approximate surface area is 151 Å². The Morgan fingerprint density at radius 1 is 1.15 bits per heavy atom. The summed E-state index contributed by atoms with van der Waals surface area (Å²) in [6.07, 6.45) is 9.48. The lowest BCUT2D eigenvalue weighted by Gasteiger charge is -2.21. The molecule has 0 spiro atoms. The summed E-state index contributed by atoms with van der Waals surface area (Å²) < 4.78 is 13.3. The van der Waals surface area contributed by atoms with Crippen LogP contribution in [0.1, 0.15) is 29.2 Å². The number of benzene rings is 1. The molecule has 0 radical (unpaired) electrons. The third kappa shape index (κ3) is 2.82. The van der Waals surface area contributed by atoms with E-state index in [1.165, 1.54) is 16.7 Å². The fourth-order valence-electron chi connectivity index (χ4n) is 3.66. The van der Waals surface area contributed by atoms with Crippen LogP contribution in [0.4, 0.5) is 0 Å². The van der Waals surface area contributed by atoms with Crippen molar-refractivity contribution in [3.63, 3.8) is 0 Å². The van der Waals surface area contributed by atoms with Crippen molar-refractivity contribution in [3.05, 3.63) is 65.9 Å². The van der Waals surface area contributed by atoms with Crippen molar-refractivity contribution in [3.8, 4) is 17.3 Å². The molecule has 1 unspecified atom stereocenters. The number of imidazole rings is 1. The monoisotopic (exact) mass is 348 g/mol. The zero-order valence-electron chi connectivity index (χ0n) is 14.4. The van der Waals surface area contributed by atoms with Gasteiger partial charge >= 0.3 is 0 Å². The maximum Gasteiger partial charge on any atom is 0.161 e. The highest BCUT2D eigenvalue weighted by molar-refractivity contribution is 5.51. The largest absolute Gasteiger partial charge is 0.486 e. The first-order valence-electron chi connectivity index (χ1n) is 8.96. The van der Waals surface area contributed by atoms with Gasteiger partial charge in [0.05, 0.1) is 0 Å². The highest BCUT2D eigenvalue weighted by Crippen LogP contribution is 2.40. The maximum atomic E-state index is 5.74. The number of rotatable bonds is 4. The van der Waals surface area contributed by atoms with E-state index in [1.807, 2.05) is 23.0 Å². The van der Waals surface area contributed by atoms with Crippen LogP contribution in [0, 0.1) is 0 Å². The molecule has 1 atom stereocenters. The minimum Gasteiger partial charge on any atom is -0.486 e. The summed E-state index contributed by atoms with van der Waals surface area (Å²) in [4.78, 5) is 8.57. The van der Waals surface area contributed by atoms with Crippen LogP contribution < -0.4 is 14.8 Å². The van der Waals surface area contributed by atoms with Crippen molar-refractivity contribution in [2.24, 2.45) is 0 Å². The Morgan fingerprint density at radius 3 is 2.81 bits per heavy atom. The number of aryl methyl sites for hydroxylation is 1. The SMILES string of the molecule is c1cn(-c2ccc(CNC3CCc4cc5c(cc43)OCCO5)cn2)cn1. The molecule has 0 saturated carbocycles. The molecule has 1 N–H and O–H groups in total. The molecule has 0 fully saturated rings. The standard InChI is InChI=1S/C20H20N4O2/c1-4-20(24-6-5-21-13-24)23-12-14(1)11-22-17-3-2-15-9-18-19(10-16(15)17)26-8-7-25-18/h1,4-6,9-10,12-13,17,22H,2-3,7-8,11H2. The van der Waals surface area contributed by atoms with Crippen LogP contribution in [-0.2, 0) is 13.0 Å². The van der Waals surface area contributed by atoms with Gasteiger partial charge in [-0.1, -0.05) is 6.07 Å². The van der Waals surface area contributed by atoms with Gasteiger partial charge in [-0.2, -0.15) is 0 Å². The summed E-state index contributed by atoms with van der Waals surface area (Å²) in [6.45, 7) is 2.05. The summed E-state index contributed by atoms with van der Waals surface area (Å²) in [5, 5.41) is 3.66. The van der Waals surface area contributed by atoms with Crippen molar-refractivity contribution >= 4 is 0 Å². The molecular weight excluding hydrogens is 328 g/mol. The van der Waals surface area contributed by atoms with E-state index < -0.39 is 0 Å². The summed E-state index contributed by atoms with van der Waals surface area (Å²) in [7, 11) is 0. The smallest absolute Gasteiger partial charge is 0.161 e. The molecule has 0 bridgehead atoms. The van der Waals surface area contributed by atoms with Crippen molar-refractivity contribution < 1.29 is 9.47 Å². The third-order valence-electron chi connectivity index (χ3n) is 5.01. The number of nitrogens with one attached hydrogen (secondary N) is 1. The lowest BCUT2D eigenvalue weighted by molar-refractivity contribution is 0.171. The van der Waals surface area contributed by atoms with E-state index in [9.17, 15) is 0 Å². The molecule has 3 aromatic rings. The van der Waals surface area contributed by atoms with Crippen LogP contribution in [0.15, 0.2) is 49.2 Å². The molecule has 3 heterocycles. The Bertz CT molecular complexity index is 906. The zero-order valence-corrected chi connectivity index (χ0v) is 14.4. The van der Waals surface area contributed by atoms with Crippen molar-refractivity contribution in [1.29, 1.82) is 0 Å². The molecule has 1 aliphatic heterocycles. The molecule has 2 aliphatic rings. The molecule has 6 nitrogen and oxygen atoms in total. The van der Waals surface area contributed by atoms with Crippen molar-refractivity contribution in [2.45, 2.75) is 25.4 Å². The normalized spacial score (nSPS) is 17.9. The first-order chi connectivity index (χ1) is 12.9. The molecule has 6 heteroatoms. The summed E-state index contributed by atoms with van der Waals surface area (Å²) in [6, 6.07) is 8.76. The van der Waals surface area contributed by atoms with Crippen LogP contribution in [0.3, 0.4) is 0 Å². The van der Waals surface area contributed by atoms with E-state index in [0.717, 1.165) is 36.7 Å². The number of aromatic nitrogens is 3. The zero-order chi connectivity index (χ0) is 17.3. The fourth-order valence-corrected chi connectivity index (χ4v) is 3.66. The van der Waals surface area contributed by atoms with Crippen LogP contribution in [-0.4, -0.2) is 27.7 Å². The number of ether oxygens (including phenoxy) is 2. The van der Waals surface area contributed by atoms with Gasteiger partial charge in [0, 0.05) is 31.2 Å². The van der Waals surface area contributed by atoms with Gasteiger partial charge in [0.1, 0.15) is 25.4 Å². The topological polar surface area (TPSA) is 61.2 Å². The molecule has 2 aromatic heterocycles. The lowest BCUT2D eigenvalue weighted by Crippen LogP contribution is -2.20. The summed E-state index contributed by atoms with van der Waals surface area (Å²) in [5.41, 5.74) is 3.86. The second-order valence-corrected chi connectivity index (χ2v) is 6.66. The predicted octanol–water partition coefficient (Wildman–Crippen LogP) is 2.82. The van der Waals surface area contributed by atoms with Gasteiger partial charge < -0.3 is 14.8 Å². The number of pyridine rings is 1. The molecule has 132 valence electrons. The quantitative estimate of drug-likeness (QED) is 0.786. The molecule has 1 aliphatic carbocycles. The van der Waals surface area contributed by atoms with Gasteiger partial charge in [-0.05, 0) is 47.7 Å². The Morgan fingerprint density at radius 2 is 2.04 bits per heavy atom. The lowest BCUT2D eigenvalue weighted by atomic mass is 10.1. The summed E-state index contributed by atoms with van der Waals surface area (Å²) in [5.74, 6) is 2.63. The minimum absolute atomic E-state index is 0.342. The highest BCUT2D eigenvalue weighted by Gasteiger charge is 2.26. The van der Waals surface area contributed by atoms with E-state index >= 15 is 0 Å². The van der Waals surface area contributed by atoms with E-state index in [2.05, 4.69) is 33.5 Å². The highest BCUT2D eigenvalue weighted by atomic mass is 16.6. The van der Waals surface area contributed by atoms with Gasteiger partial charge in [0.25, 0.3) is 0 Å². The first-order valence-corrected chi connectivity index (χ1v) is 8.96. The number of nitrogens with zero attached hydrogens (tertiary/aromatic N) is 3. The Kier molecular flexibility index (Phi) is 3.83. The van der Waals surface area contributed by atoms with E-state index in [0.29, 0.717) is 19.3 Å². The molecule has 26 heavy (non-hydrogen) atoms. The third-order valence-corrected chi connectivity index (χ3v) is 5.01. The van der Waals surface area contributed by atoms with Crippen LogP contribution >= 0.6 is 0 Å². The average Bonchev–Trinajstić information content (AvgIpc) is 3.35. The van der Waals surface area contributed by atoms with Crippen LogP contribution in [0.2, 0.25) is 0 Å². The van der Waals surface area contributed by atoms with Gasteiger partial charge in [-0.15, -0.1) is 0 Å². The van der Waals surface area contributed by atoms with Crippen LogP contribution in [0.5, 0.6) is 11.5 Å². The molecule has 0 amide bonds. The van der Waals surface area contributed by atoms with E-state index in [-0.39, 0.29) is 0 Å². The Hall–Kier alpha value is -2.86. The number of fused-ring (bicyclic) bond motifs is 2. The number of hydrogen-bond acceptors (Lipinski definition) is 5. The second kappa shape index (κ2) is 6.46. The van der Waals surface area contributed by atoms with E-state index in [1.54, 1.807) is 12.5 Å². The second-order valence-electron chi connectivity index (χ2n) is 6.66. The van der Waals surface area contributed by atoms with Gasteiger partial charge in [-0.25, -0.2) is 9.97 Å². The number of hydrogen-bond donors (Lipinski definition) is 1. The first kappa shape index (κ1) is 15.4. The fraction of sp³-hybridized carbons (Fsp3) is 0.300. The van der Waals surface area contributed by atoms with Gasteiger partial charge in [0.2, 0.25) is 0 Å². The van der Waals surface area contributed by atoms with Gasteiger partial charge in [-0.3, -0.25) is 4.57 Å². The van der Waals surface area contributed by atoms with E-state index in [4.69, 9.17) is 9.47 Å². The Balaban J connectivity index is 1.28. The molecule has 0 saturated heterocycles. The van der Waals surface area contributed by atoms with Crippen molar-refractivity contribution in [2.75, 3.05) is 13.2 Å². The maximum absolute atomic E-state index is 5.74. The molecule has 1 aromatic carbocycles. The predicted molar refractivity (Wildman–Crippen MR) is 96.7 cm³/mol. The van der Waals surface area contributed by atoms with Crippen molar-refractivity contribution in [1.82, 2.24) is 19.9 Å². The van der Waals surface area contributed by atoms with Crippen LogP contribution in [0.25, 0.3) is 5.82 Å². The summed E-state index contributed by atoms with van der Waals surface area (Å²) >= 11 is 0. The minimum atomic E-state index is 0.342.